The predicted molar refractivity (Wildman–Crippen MR) is 96.3 cm³/mol. The van der Waals surface area contributed by atoms with Crippen molar-refractivity contribution in [2.75, 3.05) is 5.32 Å². The molecule has 3 aromatic rings. The van der Waals surface area contributed by atoms with E-state index in [1.807, 2.05) is 16.7 Å². The Bertz CT molecular complexity index is 1060. The lowest BCUT2D eigenvalue weighted by molar-refractivity contribution is 0.102. The molecule has 0 radical (unpaired) electrons. The lowest BCUT2D eigenvalue weighted by Gasteiger charge is -2.10. The van der Waals surface area contributed by atoms with Crippen molar-refractivity contribution in [2.45, 2.75) is 13.0 Å². The van der Waals surface area contributed by atoms with Crippen LogP contribution in [0.5, 0.6) is 0 Å². The topological polar surface area (TPSA) is 51.1 Å². The second-order valence-corrected chi connectivity index (χ2v) is 6.53. The molecular weight excluding hydrogens is 347 g/mol. The van der Waals surface area contributed by atoms with Crippen molar-refractivity contribution in [1.82, 2.24) is 4.57 Å². The van der Waals surface area contributed by atoms with Crippen LogP contribution in [0.4, 0.5) is 5.69 Å². The van der Waals surface area contributed by atoms with Crippen LogP contribution in [0.3, 0.4) is 0 Å². The Labute approximate surface area is 147 Å². The largest absolute Gasteiger partial charge is 0.346 e. The predicted octanol–water partition coefficient (Wildman–Crippen LogP) is 4.12. The summed E-state index contributed by atoms with van der Waals surface area (Å²) < 4.78 is 1.97. The first-order valence-electron chi connectivity index (χ1n) is 7.46. The van der Waals surface area contributed by atoms with Gasteiger partial charge in [-0.05, 0) is 36.2 Å². The molecule has 0 fully saturated rings. The molecule has 120 valence electrons. The standard InChI is InChI=1S/C18H12Cl2N2O2/c19-14-5-4-11(8-15(14)20)21-18(24)13-9-22-7-6-10-2-1-3-12(16(10)22)17(13)23/h1-5,8-9H,6-7H2,(H,21,24). The number of nitrogens with zero attached hydrogens (tertiary/aromatic N) is 1. The average molecular weight is 359 g/mol. The molecule has 1 aliphatic heterocycles. The van der Waals surface area contributed by atoms with Crippen LogP contribution in [0.1, 0.15) is 15.9 Å². The zero-order valence-electron chi connectivity index (χ0n) is 12.5. The summed E-state index contributed by atoms with van der Waals surface area (Å²) in [5.41, 5.74) is 2.41. The van der Waals surface area contributed by atoms with E-state index in [0.29, 0.717) is 21.1 Å². The van der Waals surface area contributed by atoms with Crippen molar-refractivity contribution in [2.24, 2.45) is 0 Å². The van der Waals surface area contributed by atoms with Crippen LogP contribution in [0, 0.1) is 0 Å². The molecule has 1 aromatic heterocycles. The number of aryl methyl sites for hydroxylation is 2. The third-order valence-corrected chi connectivity index (χ3v) is 4.96. The third-order valence-electron chi connectivity index (χ3n) is 4.23. The van der Waals surface area contributed by atoms with E-state index in [0.717, 1.165) is 24.0 Å². The van der Waals surface area contributed by atoms with Gasteiger partial charge < -0.3 is 9.88 Å². The molecule has 1 N–H and O–H groups in total. The average Bonchev–Trinajstić information content (AvgIpc) is 2.98. The van der Waals surface area contributed by atoms with Gasteiger partial charge in [0, 0.05) is 23.8 Å². The summed E-state index contributed by atoms with van der Waals surface area (Å²) in [5.74, 6) is -0.457. The van der Waals surface area contributed by atoms with Gasteiger partial charge in [-0.3, -0.25) is 9.59 Å². The highest BCUT2D eigenvalue weighted by Gasteiger charge is 2.20. The fraction of sp³-hybridized carbons (Fsp3) is 0.111. The molecular formula is C18H12Cl2N2O2. The Morgan fingerprint density at radius 1 is 1.12 bits per heavy atom. The van der Waals surface area contributed by atoms with Crippen LogP contribution < -0.4 is 10.7 Å². The van der Waals surface area contributed by atoms with E-state index in [-0.39, 0.29) is 11.0 Å². The number of pyridine rings is 1. The molecule has 0 aliphatic carbocycles. The number of amides is 1. The zero-order chi connectivity index (χ0) is 16.8. The first kappa shape index (κ1) is 15.2. The number of rotatable bonds is 2. The first-order valence-corrected chi connectivity index (χ1v) is 8.21. The Kier molecular flexibility index (Phi) is 3.59. The number of benzene rings is 2. The van der Waals surface area contributed by atoms with Gasteiger partial charge in [0.25, 0.3) is 5.91 Å². The van der Waals surface area contributed by atoms with E-state index in [2.05, 4.69) is 5.32 Å². The second-order valence-electron chi connectivity index (χ2n) is 5.71. The van der Waals surface area contributed by atoms with Crippen molar-refractivity contribution in [3.8, 4) is 0 Å². The number of para-hydroxylation sites is 1. The van der Waals surface area contributed by atoms with Crippen molar-refractivity contribution < 1.29 is 4.79 Å². The molecule has 1 amide bonds. The lowest BCUT2D eigenvalue weighted by Crippen LogP contribution is -2.23. The Hall–Kier alpha value is -2.30. The molecule has 4 nitrogen and oxygen atoms in total. The van der Waals surface area contributed by atoms with Crippen LogP contribution in [-0.2, 0) is 13.0 Å². The molecule has 24 heavy (non-hydrogen) atoms. The lowest BCUT2D eigenvalue weighted by atomic mass is 10.1. The van der Waals surface area contributed by atoms with Gasteiger partial charge in [0.05, 0.1) is 15.6 Å². The smallest absolute Gasteiger partial charge is 0.261 e. The highest BCUT2D eigenvalue weighted by Crippen LogP contribution is 2.26. The quantitative estimate of drug-likeness (QED) is 0.749. The summed E-state index contributed by atoms with van der Waals surface area (Å²) >= 11 is 11.8. The Morgan fingerprint density at radius 3 is 2.75 bits per heavy atom. The zero-order valence-corrected chi connectivity index (χ0v) is 14.0. The van der Waals surface area contributed by atoms with Gasteiger partial charge in [-0.25, -0.2) is 0 Å². The third kappa shape index (κ3) is 2.39. The van der Waals surface area contributed by atoms with Crippen molar-refractivity contribution in [3.05, 3.63) is 74.0 Å². The van der Waals surface area contributed by atoms with Crippen LogP contribution in [0.25, 0.3) is 10.9 Å². The molecule has 0 unspecified atom stereocenters. The van der Waals surface area contributed by atoms with E-state index in [1.165, 1.54) is 0 Å². The minimum atomic E-state index is -0.457. The van der Waals surface area contributed by atoms with Crippen molar-refractivity contribution >= 4 is 45.7 Å². The molecule has 0 spiro atoms. The number of carbonyl (C=O) groups excluding carboxylic acids is 1. The maximum atomic E-state index is 12.7. The minimum Gasteiger partial charge on any atom is -0.346 e. The first-order chi connectivity index (χ1) is 11.5. The summed E-state index contributed by atoms with van der Waals surface area (Å²) in [7, 11) is 0. The van der Waals surface area contributed by atoms with E-state index in [1.54, 1.807) is 30.5 Å². The number of hydrogen-bond donors (Lipinski definition) is 1. The van der Waals surface area contributed by atoms with Crippen LogP contribution >= 0.6 is 23.2 Å². The van der Waals surface area contributed by atoms with Gasteiger partial charge in [0.15, 0.2) is 0 Å². The molecule has 1 aliphatic rings. The second kappa shape index (κ2) is 5.65. The maximum Gasteiger partial charge on any atom is 0.261 e. The van der Waals surface area contributed by atoms with E-state index >= 15 is 0 Å². The van der Waals surface area contributed by atoms with Gasteiger partial charge in [-0.15, -0.1) is 0 Å². The van der Waals surface area contributed by atoms with Crippen molar-refractivity contribution in [1.29, 1.82) is 0 Å². The van der Waals surface area contributed by atoms with Gasteiger partial charge in [-0.2, -0.15) is 0 Å². The van der Waals surface area contributed by atoms with Crippen LogP contribution in [0.15, 0.2) is 47.4 Å². The summed E-state index contributed by atoms with van der Waals surface area (Å²) in [6, 6.07) is 10.4. The molecule has 4 rings (SSSR count). The van der Waals surface area contributed by atoms with Gasteiger partial charge in [0.1, 0.15) is 5.56 Å². The number of aromatic nitrogens is 1. The fourth-order valence-corrected chi connectivity index (χ4v) is 3.39. The number of nitrogens with one attached hydrogen (secondary N) is 1. The molecule has 0 saturated carbocycles. The molecule has 2 heterocycles. The van der Waals surface area contributed by atoms with Crippen LogP contribution in [-0.4, -0.2) is 10.5 Å². The summed E-state index contributed by atoms with van der Waals surface area (Å²) in [6.45, 7) is 0.767. The van der Waals surface area contributed by atoms with Crippen molar-refractivity contribution in [3.63, 3.8) is 0 Å². The molecule has 2 aromatic carbocycles. The van der Waals surface area contributed by atoms with E-state index in [9.17, 15) is 9.59 Å². The van der Waals surface area contributed by atoms with Crippen LogP contribution in [0.2, 0.25) is 10.0 Å². The summed E-state index contributed by atoms with van der Waals surface area (Å²) in [4.78, 5) is 25.3. The molecule has 0 saturated heterocycles. The van der Waals surface area contributed by atoms with Gasteiger partial charge >= 0.3 is 0 Å². The summed E-state index contributed by atoms with van der Waals surface area (Å²) in [6.07, 6.45) is 2.50. The van der Waals surface area contributed by atoms with Gasteiger partial charge in [0.2, 0.25) is 5.43 Å². The fourth-order valence-electron chi connectivity index (χ4n) is 3.09. The van der Waals surface area contributed by atoms with E-state index < -0.39 is 5.91 Å². The number of carbonyl (C=O) groups is 1. The highest BCUT2D eigenvalue weighted by atomic mass is 35.5. The van der Waals surface area contributed by atoms with E-state index in [4.69, 9.17) is 23.2 Å². The maximum absolute atomic E-state index is 12.7. The summed E-state index contributed by atoms with van der Waals surface area (Å²) in [5, 5.41) is 4.03. The van der Waals surface area contributed by atoms with Gasteiger partial charge in [-0.1, -0.05) is 35.3 Å². The number of anilines is 1. The highest BCUT2D eigenvalue weighted by molar-refractivity contribution is 6.42. The SMILES string of the molecule is O=C(Nc1ccc(Cl)c(Cl)c1)c1cn2c3c(cccc3c1=O)CC2. The number of hydrogen-bond acceptors (Lipinski definition) is 2. The monoisotopic (exact) mass is 358 g/mol. The molecule has 6 heteroatoms. The minimum absolute atomic E-state index is 0.118. The molecule has 0 bridgehead atoms. The molecule has 0 atom stereocenters. The Balaban J connectivity index is 1.77. The Morgan fingerprint density at radius 2 is 1.96 bits per heavy atom. The normalized spacial score (nSPS) is 12.6. The number of halogens is 2.